The number of hydrogen-bond acceptors (Lipinski definition) is 3. The van der Waals surface area contributed by atoms with E-state index in [1.165, 1.54) is 0 Å². The second kappa shape index (κ2) is 8.21. The predicted octanol–water partition coefficient (Wildman–Crippen LogP) is 1.41. The highest BCUT2D eigenvalue weighted by molar-refractivity contribution is 4.67. The molecule has 0 aromatic heterocycles. The summed E-state index contributed by atoms with van der Waals surface area (Å²) in [5.74, 6) is 0.584. The Morgan fingerprint density at radius 3 is 2.29 bits per heavy atom. The molecule has 0 aliphatic heterocycles. The van der Waals surface area contributed by atoms with E-state index in [1.807, 2.05) is 0 Å². The normalized spacial score (nSPS) is 13.9. The second-order valence-electron chi connectivity index (χ2n) is 4.46. The molecule has 0 saturated carbocycles. The van der Waals surface area contributed by atoms with Crippen molar-refractivity contribution in [2.75, 3.05) is 19.8 Å². The summed E-state index contributed by atoms with van der Waals surface area (Å²) in [4.78, 5) is 0. The molecule has 0 rings (SSSR count). The Morgan fingerprint density at radius 1 is 1.21 bits per heavy atom. The minimum atomic E-state index is 0.169. The van der Waals surface area contributed by atoms with Crippen LogP contribution in [0.2, 0.25) is 0 Å². The molecule has 0 saturated heterocycles. The van der Waals surface area contributed by atoms with Crippen LogP contribution in [0.5, 0.6) is 0 Å². The van der Waals surface area contributed by atoms with Gasteiger partial charge in [0.15, 0.2) is 0 Å². The molecule has 0 bridgehead atoms. The van der Waals surface area contributed by atoms with Gasteiger partial charge >= 0.3 is 0 Å². The standard InChI is InChI=1S/C11H25NO2/c1-9(2)8-14-6-5-11(7-13)12-10(3)4/h9-13H,5-8H2,1-4H3. The number of rotatable bonds is 8. The Kier molecular flexibility index (Phi) is 8.14. The molecule has 0 fully saturated rings. The summed E-state index contributed by atoms with van der Waals surface area (Å²) in [5, 5.41) is 12.4. The topological polar surface area (TPSA) is 41.5 Å². The number of ether oxygens (including phenoxy) is 1. The second-order valence-corrected chi connectivity index (χ2v) is 4.46. The molecule has 1 atom stereocenters. The Bertz CT molecular complexity index is 126. The van der Waals surface area contributed by atoms with Crippen LogP contribution in [0.15, 0.2) is 0 Å². The van der Waals surface area contributed by atoms with Crippen molar-refractivity contribution in [2.24, 2.45) is 5.92 Å². The van der Waals surface area contributed by atoms with Crippen molar-refractivity contribution in [3.05, 3.63) is 0 Å². The summed E-state index contributed by atoms with van der Waals surface area (Å²) < 4.78 is 5.46. The lowest BCUT2D eigenvalue weighted by Gasteiger charge is -2.19. The Labute approximate surface area is 87.8 Å². The molecule has 0 amide bonds. The Balaban J connectivity index is 3.43. The highest BCUT2D eigenvalue weighted by Gasteiger charge is 2.07. The average molecular weight is 203 g/mol. The van der Waals surface area contributed by atoms with Crippen LogP contribution in [0.3, 0.4) is 0 Å². The van der Waals surface area contributed by atoms with Gasteiger partial charge in [-0.1, -0.05) is 27.7 Å². The number of hydrogen-bond donors (Lipinski definition) is 2. The summed E-state index contributed by atoms with van der Waals surface area (Å²) in [6.07, 6.45) is 0.876. The molecule has 0 aliphatic carbocycles. The van der Waals surface area contributed by atoms with Crippen molar-refractivity contribution in [3.63, 3.8) is 0 Å². The Hall–Kier alpha value is -0.120. The van der Waals surface area contributed by atoms with Gasteiger partial charge in [0.1, 0.15) is 0 Å². The van der Waals surface area contributed by atoms with Crippen molar-refractivity contribution in [1.29, 1.82) is 0 Å². The van der Waals surface area contributed by atoms with Gasteiger partial charge in [-0.2, -0.15) is 0 Å². The SMILES string of the molecule is CC(C)COCCC(CO)NC(C)C. The first kappa shape index (κ1) is 13.9. The van der Waals surface area contributed by atoms with Crippen LogP contribution in [0.25, 0.3) is 0 Å². The smallest absolute Gasteiger partial charge is 0.0585 e. The van der Waals surface area contributed by atoms with Crippen LogP contribution in [0.1, 0.15) is 34.1 Å². The van der Waals surface area contributed by atoms with Crippen molar-refractivity contribution in [2.45, 2.75) is 46.2 Å². The Morgan fingerprint density at radius 2 is 1.86 bits per heavy atom. The first-order valence-corrected chi connectivity index (χ1v) is 5.51. The van der Waals surface area contributed by atoms with Gasteiger partial charge in [-0.05, 0) is 12.3 Å². The lowest BCUT2D eigenvalue weighted by atomic mass is 10.2. The lowest BCUT2D eigenvalue weighted by Crippen LogP contribution is -2.38. The lowest BCUT2D eigenvalue weighted by molar-refractivity contribution is 0.0929. The fraction of sp³-hybridized carbons (Fsp3) is 1.00. The number of aliphatic hydroxyl groups is 1. The van der Waals surface area contributed by atoms with E-state index in [9.17, 15) is 0 Å². The highest BCUT2D eigenvalue weighted by atomic mass is 16.5. The third-order valence-electron chi connectivity index (χ3n) is 1.85. The van der Waals surface area contributed by atoms with Gasteiger partial charge < -0.3 is 15.2 Å². The third kappa shape index (κ3) is 8.48. The maximum atomic E-state index is 9.07. The molecule has 14 heavy (non-hydrogen) atoms. The molecule has 3 heteroatoms. The summed E-state index contributed by atoms with van der Waals surface area (Å²) in [6, 6.07) is 0.583. The predicted molar refractivity (Wildman–Crippen MR) is 59.4 cm³/mol. The summed E-state index contributed by atoms with van der Waals surface area (Å²) >= 11 is 0. The molecule has 3 nitrogen and oxygen atoms in total. The summed E-state index contributed by atoms with van der Waals surface area (Å²) in [5.41, 5.74) is 0. The minimum absolute atomic E-state index is 0.169. The number of aliphatic hydroxyl groups excluding tert-OH is 1. The average Bonchev–Trinajstić information content (AvgIpc) is 2.09. The van der Waals surface area contributed by atoms with Crippen LogP contribution in [-0.4, -0.2) is 37.0 Å². The zero-order valence-electron chi connectivity index (χ0n) is 9.92. The van der Waals surface area contributed by atoms with Crippen molar-refractivity contribution in [1.82, 2.24) is 5.32 Å². The van der Waals surface area contributed by atoms with Gasteiger partial charge in [0.05, 0.1) is 6.61 Å². The molecular weight excluding hydrogens is 178 g/mol. The molecule has 0 heterocycles. The minimum Gasteiger partial charge on any atom is -0.395 e. The van der Waals surface area contributed by atoms with Gasteiger partial charge in [-0.15, -0.1) is 0 Å². The van der Waals surface area contributed by atoms with E-state index in [4.69, 9.17) is 9.84 Å². The van der Waals surface area contributed by atoms with E-state index in [0.717, 1.165) is 19.6 Å². The molecule has 0 spiro atoms. The fourth-order valence-corrected chi connectivity index (χ4v) is 1.24. The van der Waals surface area contributed by atoms with Crippen molar-refractivity contribution >= 4 is 0 Å². The van der Waals surface area contributed by atoms with E-state index in [1.54, 1.807) is 0 Å². The first-order chi connectivity index (χ1) is 6.56. The molecule has 2 N–H and O–H groups in total. The maximum Gasteiger partial charge on any atom is 0.0585 e. The van der Waals surface area contributed by atoms with Gasteiger partial charge in [0, 0.05) is 25.3 Å². The van der Waals surface area contributed by atoms with Crippen LogP contribution < -0.4 is 5.32 Å². The van der Waals surface area contributed by atoms with Gasteiger partial charge in [0.2, 0.25) is 0 Å². The fourth-order valence-electron chi connectivity index (χ4n) is 1.24. The van der Waals surface area contributed by atoms with E-state index in [-0.39, 0.29) is 12.6 Å². The summed E-state index contributed by atoms with van der Waals surface area (Å²) in [7, 11) is 0. The zero-order valence-corrected chi connectivity index (χ0v) is 9.92. The molecule has 1 unspecified atom stereocenters. The molecule has 0 aliphatic rings. The van der Waals surface area contributed by atoms with Crippen LogP contribution in [0.4, 0.5) is 0 Å². The van der Waals surface area contributed by atoms with E-state index < -0.39 is 0 Å². The quantitative estimate of drug-likeness (QED) is 0.586. The molecular formula is C11H25NO2. The molecule has 0 radical (unpaired) electrons. The van der Waals surface area contributed by atoms with Gasteiger partial charge in [0.25, 0.3) is 0 Å². The van der Waals surface area contributed by atoms with Crippen LogP contribution in [-0.2, 0) is 4.74 Å². The summed E-state index contributed by atoms with van der Waals surface area (Å²) in [6.45, 7) is 10.1. The monoisotopic (exact) mass is 203 g/mol. The van der Waals surface area contributed by atoms with E-state index >= 15 is 0 Å². The largest absolute Gasteiger partial charge is 0.395 e. The van der Waals surface area contributed by atoms with E-state index in [0.29, 0.717) is 12.0 Å². The zero-order chi connectivity index (χ0) is 11.0. The molecule has 86 valence electrons. The van der Waals surface area contributed by atoms with E-state index in [2.05, 4.69) is 33.0 Å². The maximum absolute atomic E-state index is 9.07. The molecule has 0 aromatic rings. The van der Waals surface area contributed by atoms with Crippen molar-refractivity contribution in [3.8, 4) is 0 Å². The van der Waals surface area contributed by atoms with Crippen LogP contribution >= 0.6 is 0 Å². The first-order valence-electron chi connectivity index (χ1n) is 5.51. The van der Waals surface area contributed by atoms with Crippen molar-refractivity contribution < 1.29 is 9.84 Å². The third-order valence-corrected chi connectivity index (χ3v) is 1.85. The van der Waals surface area contributed by atoms with Crippen LogP contribution in [0, 0.1) is 5.92 Å². The highest BCUT2D eigenvalue weighted by Crippen LogP contribution is 1.97. The molecule has 0 aromatic carbocycles. The number of nitrogens with one attached hydrogen (secondary N) is 1. The van der Waals surface area contributed by atoms with Gasteiger partial charge in [-0.25, -0.2) is 0 Å². The van der Waals surface area contributed by atoms with Gasteiger partial charge in [-0.3, -0.25) is 0 Å².